The molecule has 4 aliphatic rings. The lowest BCUT2D eigenvalue weighted by Gasteiger charge is -2.42. The van der Waals surface area contributed by atoms with Gasteiger partial charge in [0.2, 0.25) is 11.6 Å². The van der Waals surface area contributed by atoms with E-state index in [2.05, 4.69) is 15.3 Å². The Morgan fingerprint density at radius 3 is 2.70 bits per heavy atom. The largest absolute Gasteiger partial charge is 0.416 e. The number of halogens is 3. The SMILES string of the molecule is Cc1cc(C2=NC([C@@H]3CCCN(C(=O)C4(C)COC4)C3)=C3C=NC=C[N+]23N)ccc1C(=O)Nc1cc(C(F)(F)F)ccn1. The monoisotopic (exact) mass is 594 g/mol. The average molecular weight is 595 g/mol. The van der Waals surface area contributed by atoms with E-state index in [1.807, 2.05) is 11.8 Å². The van der Waals surface area contributed by atoms with Crippen molar-refractivity contribution >= 4 is 29.7 Å². The topological polar surface area (TPSA) is 122 Å². The maximum atomic E-state index is 13.2. The first-order chi connectivity index (χ1) is 20.4. The zero-order chi connectivity index (χ0) is 30.6. The highest BCUT2D eigenvalue weighted by Crippen LogP contribution is 2.39. The lowest BCUT2D eigenvalue weighted by molar-refractivity contribution is -0.750. The number of hydrogen-bond donors (Lipinski definition) is 2. The van der Waals surface area contributed by atoms with Crippen LogP contribution in [0.5, 0.6) is 0 Å². The maximum Gasteiger partial charge on any atom is 0.416 e. The number of nitrogens with one attached hydrogen (secondary N) is 1. The second-order valence-corrected chi connectivity index (χ2v) is 11.6. The molecule has 2 atom stereocenters. The lowest BCUT2D eigenvalue weighted by Crippen LogP contribution is -2.55. The van der Waals surface area contributed by atoms with Crippen LogP contribution < -0.4 is 11.2 Å². The number of allylic oxidation sites excluding steroid dienone is 1. The third kappa shape index (κ3) is 5.17. The number of pyridine rings is 1. The highest BCUT2D eigenvalue weighted by atomic mass is 19.4. The molecule has 1 aromatic heterocycles. The summed E-state index contributed by atoms with van der Waals surface area (Å²) in [6.07, 6.45) is 3.14. The number of nitrogens with two attached hydrogens (primary N) is 1. The van der Waals surface area contributed by atoms with Crippen molar-refractivity contribution in [2.45, 2.75) is 32.9 Å². The molecule has 0 radical (unpaired) electrons. The van der Waals surface area contributed by atoms with E-state index < -0.39 is 23.1 Å². The molecule has 10 nitrogen and oxygen atoms in total. The van der Waals surface area contributed by atoms with Crippen molar-refractivity contribution in [2.75, 3.05) is 31.6 Å². The van der Waals surface area contributed by atoms with E-state index in [0.717, 1.165) is 36.9 Å². The van der Waals surface area contributed by atoms with Crippen LogP contribution >= 0.6 is 0 Å². The van der Waals surface area contributed by atoms with Gasteiger partial charge in [0.05, 0.1) is 42.2 Å². The number of quaternary nitrogens is 1. The van der Waals surface area contributed by atoms with Crippen molar-refractivity contribution < 1.29 is 32.1 Å². The van der Waals surface area contributed by atoms with E-state index >= 15 is 0 Å². The van der Waals surface area contributed by atoms with Gasteiger partial charge in [0.25, 0.3) is 11.7 Å². The summed E-state index contributed by atoms with van der Waals surface area (Å²) in [6, 6.07) is 6.70. The Hall–Kier alpha value is -4.20. The fourth-order valence-corrected chi connectivity index (χ4v) is 5.92. The molecule has 0 spiro atoms. The Bertz CT molecular complexity index is 1630. The van der Waals surface area contributed by atoms with Gasteiger partial charge in [-0.3, -0.25) is 14.6 Å². The number of amides is 2. The molecule has 0 saturated carbocycles. The van der Waals surface area contributed by atoms with Crippen molar-refractivity contribution in [3.8, 4) is 0 Å². The first-order valence-electron chi connectivity index (χ1n) is 13.9. The molecular formula is C30H31F3N7O3+. The van der Waals surface area contributed by atoms with Gasteiger partial charge in [-0.1, -0.05) is 0 Å². The fraction of sp³-hybridized carbons (Fsp3) is 0.367. The van der Waals surface area contributed by atoms with Crippen LogP contribution in [0, 0.1) is 18.3 Å². The van der Waals surface area contributed by atoms with Gasteiger partial charge in [-0.15, -0.1) is 4.59 Å². The number of nitrogens with zero attached hydrogens (tertiary/aromatic N) is 5. The van der Waals surface area contributed by atoms with Crippen LogP contribution in [0.25, 0.3) is 0 Å². The van der Waals surface area contributed by atoms with E-state index in [9.17, 15) is 22.8 Å². The number of aliphatic imine (C=N–C) groups is 2. The quantitative estimate of drug-likeness (QED) is 0.398. The molecular weight excluding hydrogens is 563 g/mol. The van der Waals surface area contributed by atoms with E-state index in [4.69, 9.17) is 15.6 Å². The van der Waals surface area contributed by atoms with Gasteiger partial charge in [0.1, 0.15) is 17.7 Å². The minimum atomic E-state index is -4.56. The van der Waals surface area contributed by atoms with Gasteiger partial charge in [0, 0.05) is 30.8 Å². The summed E-state index contributed by atoms with van der Waals surface area (Å²) in [7, 11) is 0. The maximum absolute atomic E-state index is 13.2. The average Bonchev–Trinajstić information content (AvgIpc) is 3.28. The van der Waals surface area contributed by atoms with Crippen LogP contribution in [0.1, 0.15) is 46.8 Å². The molecule has 3 N–H and O–H groups in total. The molecule has 2 amide bonds. The molecule has 2 saturated heterocycles. The third-order valence-electron chi connectivity index (χ3n) is 8.33. The number of aryl methyl sites for hydroxylation is 1. The Kier molecular flexibility index (Phi) is 7.06. The minimum absolute atomic E-state index is 0.0418. The standard InChI is InChI=1S/C30H30F3N7O3/c1-18-12-19(5-6-22(18)27(41)37-24-13-21(7-8-36-24)30(31,32)33)26-38-25(23-14-35-9-11-40(23,26)34)20-4-3-10-39(15-20)28(42)29(2)16-43-17-29/h5-9,11-14,20H,3-4,10,15-17,34H2,1-2H3/p+1/t20-,40?/m1/s1. The molecule has 2 aromatic rings. The smallest absolute Gasteiger partial charge is 0.379 e. The highest BCUT2D eigenvalue weighted by molar-refractivity contribution is 6.06. The molecule has 224 valence electrons. The Morgan fingerprint density at radius 1 is 1.21 bits per heavy atom. The minimum Gasteiger partial charge on any atom is -0.379 e. The first kappa shape index (κ1) is 28.9. The normalized spacial score (nSPS) is 24.4. The zero-order valence-corrected chi connectivity index (χ0v) is 23.7. The molecule has 0 bridgehead atoms. The van der Waals surface area contributed by atoms with Crippen molar-refractivity contribution in [2.24, 2.45) is 27.2 Å². The number of hydrogen-bond acceptors (Lipinski definition) is 7. The predicted octanol–water partition coefficient (Wildman–Crippen LogP) is 4.15. The molecule has 6 rings (SSSR count). The molecule has 4 aliphatic heterocycles. The van der Waals surface area contributed by atoms with Gasteiger partial charge in [-0.05, 0) is 62.6 Å². The summed E-state index contributed by atoms with van der Waals surface area (Å²) < 4.78 is 44.4. The zero-order valence-electron chi connectivity index (χ0n) is 23.7. The number of fused-ring (bicyclic) bond motifs is 1. The summed E-state index contributed by atoms with van der Waals surface area (Å²) in [5.41, 5.74) is 1.60. The van der Waals surface area contributed by atoms with E-state index in [0.29, 0.717) is 49.0 Å². The Balaban J connectivity index is 1.26. The van der Waals surface area contributed by atoms with Crippen molar-refractivity contribution in [1.29, 1.82) is 0 Å². The number of aromatic nitrogens is 1. The van der Waals surface area contributed by atoms with Crippen LogP contribution in [0.2, 0.25) is 0 Å². The van der Waals surface area contributed by atoms with Gasteiger partial charge in [-0.2, -0.15) is 24.0 Å². The number of ether oxygens (including phenoxy) is 1. The molecule has 0 aliphatic carbocycles. The number of carbonyl (C=O) groups excluding carboxylic acids is 2. The summed E-state index contributed by atoms with van der Waals surface area (Å²) in [6.45, 7) is 5.70. The van der Waals surface area contributed by atoms with E-state index in [-0.39, 0.29) is 27.8 Å². The summed E-state index contributed by atoms with van der Waals surface area (Å²) >= 11 is 0. The highest BCUT2D eigenvalue weighted by Gasteiger charge is 2.48. The molecule has 1 aromatic carbocycles. The van der Waals surface area contributed by atoms with E-state index in [1.165, 1.54) is 0 Å². The third-order valence-corrected chi connectivity index (χ3v) is 8.33. The van der Waals surface area contributed by atoms with Crippen LogP contribution in [-0.2, 0) is 15.7 Å². The van der Waals surface area contributed by atoms with Gasteiger partial charge in [-0.25, -0.2) is 4.98 Å². The van der Waals surface area contributed by atoms with Crippen LogP contribution in [-0.4, -0.2) is 64.6 Å². The molecule has 2 fully saturated rings. The second kappa shape index (κ2) is 10.5. The van der Waals surface area contributed by atoms with E-state index in [1.54, 1.807) is 43.7 Å². The van der Waals surface area contributed by atoms with Crippen molar-refractivity contribution in [1.82, 2.24) is 9.88 Å². The molecule has 5 heterocycles. The van der Waals surface area contributed by atoms with Gasteiger partial charge >= 0.3 is 6.18 Å². The Morgan fingerprint density at radius 2 is 2.00 bits per heavy atom. The van der Waals surface area contributed by atoms with Crippen molar-refractivity contribution in [3.05, 3.63) is 82.6 Å². The first-order valence-corrected chi connectivity index (χ1v) is 13.9. The number of alkyl halides is 3. The lowest BCUT2D eigenvalue weighted by atomic mass is 9.85. The summed E-state index contributed by atoms with van der Waals surface area (Å²) in [5.74, 6) is 6.71. The number of amidine groups is 1. The molecule has 13 heteroatoms. The number of anilines is 1. The summed E-state index contributed by atoms with van der Waals surface area (Å²) in [4.78, 5) is 41.3. The predicted molar refractivity (Wildman–Crippen MR) is 152 cm³/mol. The number of carbonyl (C=O) groups is 2. The summed E-state index contributed by atoms with van der Waals surface area (Å²) in [5, 5.41) is 2.45. The molecule has 43 heavy (non-hydrogen) atoms. The second-order valence-electron chi connectivity index (χ2n) is 11.6. The van der Waals surface area contributed by atoms with Gasteiger partial charge in [0.15, 0.2) is 0 Å². The number of benzene rings is 1. The number of rotatable bonds is 5. The Labute approximate surface area is 246 Å². The van der Waals surface area contributed by atoms with Crippen LogP contribution in [0.15, 0.2) is 70.3 Å². The number of piperidine rings is 1. The van der Waals surface area contributed by atoms with Crippen molar-refractivity contribution in [3.63, 3.8) is 0 Å². The van der Waals surface area contributed by atoms with Crippen LogP contribution in [0.3, 0.4) is 0 Å². The fourth-order valence-electron chi connectivity index (χ4n) is 5.92. The van der Waals surface area contributed by atoms with Crippen LogP contribution in [0.4, 0.5) is 19.0 Å². The number of likely N-dealkylation sites (tertiary alicyclic amines) is 1. The molecule has 1 unspecified atom stereocenters. The van der Waals surface area contributed by atoms with Gasteiger partial charge < -0.3 is 15.0 Å².